The minimum Gasteiger partial charge on any atom is -0.476 e. The van der Waals surface area contributed by atoms with Crippen LogP contribution in [0.3, 0.4) is 0 Å². The van der Waals surface area contributed by atoms with E-state index in [1.54, 1.807) is 0 Å². The van der Waals surface area contributed by atoms with E-state index in [-0.39, 0.29) is 49.7 Å². The predicted octanol–water partition coefficient (Wildman–Crippen LogP) is 12.0. The lowest BCUT2D eigenvalue weighted by Crippen LogP contribution is -2.32. The van der Waals surface area contributed by atoms with Gasteiger partial charge in [-0.25, -0.2) is 0 Å². The maximum Gasteiger partial charge on any atom is 0.258 e. The van der Waals surface area contributed by atoms with Crippen LogP contribution in [0.4, 0.5) is 34.1 Å². The van der Waals surface area contributed by atoms with Gasteiger partial charge in [-0.2, -0.15) is 20.5 Å². The first kappa shape index (κ1) is 48.4. The summed E-state index contributed by atoms with van der Waals surface area (Å²) < 4.78 is 5.46. The molecule has 0 aromatic heterocycles. The molecule has 15 nitrogen and oxygen atoms in total. The van der Waals surface area contributed by atoms with Crippen molar-refractivity contribution in [2.75, 3.05) is 27.3 Å². The van der Waals surface area contributed by atoms with Gasteiger partial charge >= 0.3 is 0 Å². The van der Waals surface area contributed by atoms with E-state index >= 15 is 0 Å². The lowest BCUT2D eigenvalue weighted by Gasteiger charge is -2.15. The zero-order valence-electron chi connectivity index (χ0n) is 32.3. The monoisotopic (exact) mass is 990 g/mol. The van der Waals surface area contributed by atoms with E-state index < -0.39 is 53.3 Å². The standard InChI is InChI=1S/C41H29Cl7N8O7/c1-19(57)36(55-53-26-3-6-32(47)30(15-26)38(59)50-28-11-21(43)9-22(44)12-28)40(61)49-25-5-8-34(35(17-25)63-18-42)52-41(62)37(20(2)58)56-54-27-4-7-33(48)31(16-27)39(60)51-29-13-23(45)10-24(46)14-29/h3-17,36-37H,18H2,1-2H3,(H,49,61)(H,50,59)(H,51,60)(H,52,62). The third-order valence-electron chi connectivity index (χ3n) is 8.19. The van der Waals surface area contributed by atoms with Gasteiger partial charge in [-0.15, -0.1) is 0 Å². The lowest BCUT2D eigenvalue weighted by molar-refractivity contribution is -0.127. The molecule has 5 aromatic rings. The second kappa shape index (κ2) is 22.1. The number of hydrogen-bond acceptors (Lipinski definition) is 11. The molecule has 4 amide bonds. The molecule has 63 heavy (non-hydrogen) atoms. The van der Waals surface area contributed by atoms with Crippen LogP contribution in [0.1, 0.15) is 34.6 Å². The zero-order valence-corrected chi connectivity index (χ0v) is 37.6. The average Bonchev–Trinajstić information content (AvgIpc) is 3.19. The number of benzene rings is 5. The van der Waals surface area contributed by atoms with Crippen molar-refractivity contribution in [3.63, 3.8) is 0 Å². The Morgan fingerprint density at radius 3 is 1.37 bits per heavy atom. The number of amides is 4. The number of rotatable bonds is 16. The maximum absolute atomic E-state index is 13.4. The van der Waals surface area contributed by atoms with Crippen molar-refractivity contribution in [2.24, 2.45) is 20.5 Å². The van der Waals surface area contributed by atoms with Crippen molar-refractivity contribution < 1.29 is 33.5 Å². The number of carbonyl (C=O) groups excluding carboxylic acids is 6. The van der Waals surface area contributed by atoms with Crippen molar-refractivity contribution >= 4 is 151 Å². The molecular weight excluding hydrogens is 965 g/mol. The van der Waals surface area contributed by atoms with E-state index in [2.05, 4.69) is 41.7 Å². The molecule has 0 bridgehead atoms. The number of anilines is 4. The molecule has 0 saturated heterocycles. The van der Waals surface area contributed by atoms with Crippen molar-refractivity contribution in [2.45, 2.75) is 25.9 Å². The molecule has 0 radical (unpaired) electrons. The number of nitrogens with one attached hydrogen (secondary N) is 4. The minimum atomic E-state index is -1.66. The Bertz CT molecular complexity index is 2660. The molecule has 2 atom stereocenters. The van der Waals surface area contributed by atoms with Crippen LogP contribution in [0.15, 0.2) is 111 Å². The molecule has 0 aliphatic rings. The Morgan fingerprint density at radius 1 is 0.524 bits per heavy atom. The molecule has 22 heteroatoms. The third kappa shape index (κ3) is 13.7. The Balaban J connectivity index is 1.27. The van der Waals surface area contributed by atoms with Gasteiger partial charge in [-0.1, -0.05) is 81.2 Å². The second-order valence-electron chi connectivity index (χ2n) is 13.0. The summed E-state index contributed by atoms with van der Waals surface area (Å²) in [6, 6.07) is 17.4. The van der Waals surface area contributed by atoms with Crippen molar-refractivity contribution in [3.8, 4) is 5.75 Å². The highest BCUT2D eigenvalue weighted by Gasteiger charge is 2.26. The van der Waals surface area contributed by atoms with Crippen molar-refractivity contribution in [1.29, 1.82) is 0 Å². The summed E-state index contributed by atoms with van der Waals surface area (Å²) in [6.45, 7) is 2.26. The number of carbonyl (C=O) groups is 6. The van der Waals surface area contributed by atoms with Crippen LogP contribution >= 0.6 is 81.2 Å². The third-order valence-corrected chi connectivity index (χ3v) is 9.83. The van der Waals surface area contributed by atoms with Gasteiger partial charge in [0.15, 0.2) is 17.6 Å². The SMILES string of the molecule is CC(=O)C(N=Nc1ccc(Cl)c(C(=O)Nc2cc(Cl)cc(Cl)c2)c1)C(=O)Nc1ccc(NC(=O)C(N=Nc2ccc(Cl)c(C(=O)Nc3cc(Cl)cc(Cl)c3)c2)C(C)=O)c(OCCl)c1. The zero-order chi connectivity index (χ0) is 46.0. The summed E-state index contributed by atoms with van der Waals surface area (Å²) in [5, 5.41) is 27.5. The first-order valence-corrected chi connectivity index (χ1v) is 20.6. The van der Waals surface area contributed by atoms with Gasteiger partial charge in [-0.05, 0) is 98.8 Å². The highest BCUT2D eigenvalue weighted by molar-refractivity contribution is 6.37. The van der Waals surface area contributed by atoms with Gasteiger partial charge in [-0.3, -0.25) is 28.8 Å². The lowest BCUT2D eigenvalue weighted by atomic mass is 10.1. The van der Waals surface area contributed by atoms with Gasteiger partial charge in [0.1, 0.15) is 5.75 Å². The summed E-state index contributed by atoms with van der Waals surface area (Å²) in [7, 11) is 0. The smallest absolute Gasteiger partial charge is 0.258 e. The number of ketones is 2. The molecule has 0 spiro atoms. The van der Waals surface area contributed by atoms with Gasteiger partial charge < -0.3 is 26.0 Å². The molecule has 0 saturated carbocycles. The fourth-order valence-electron chi connectivity index (χ4n) is 5.33. The number of halogens is 7. The summed E-state index contributed by atoms with van der Waals surface area (Å²) >= 11 is 42.5. The van der Waals surface area contributed by atoms with E-state index in [0.717, 1.165) is 13.8 Å². The number of azo groups is 2. The fourth-order valence-corrected chi connectivity index (χ4v) is 6.90. The van der Waals surface area contributed by atoms with E-state index in [4.69, 9.17) is 85.9 Å². The number of nitrogens with zero attached hydrogens (tertiary/aromatic N) is 4. The Labute approximate surface area is 393 Å². The van der Waals surface area contributed by atoms with Crippen LogP contribution in [0.5, 0.6) is 5.75 Å². The fraction of sp³-hybridized carbons (Fsp3) is 0.122. The first-order valence-electron chi connectivity index (χ1n) is 17.8. The van der Waals surface area contributed by atoms with E-state index in [9.17, 15) is 28.8 Å². The molecular formula is C41H29Cl7N8O7. The second-order valence-corrected chi connectivity index (χ2v) is 15.7. The molecule has 0 aliphatic carbocycles. The largest absolute Gasteiger partial charge is 0.476 e. The molecule has 5 rings (SSSR count). The normalized spacial score (nSPS) is 12.1. The highest BCUT2D eigenvalue weighted by atomic mass is 35.5. The van der Waals surface area contributed by atoms with E-state index in [1.807, 2.05) is 0 Å². The van der Waals surface area contributed by atoms with Crippen LogP contribution < -0.4 is 26.0 Å². The summed E-state index contributed by atoms with van der Waals surface area (Å²) in [5.41, 5.74) is 0.914. The minimum absolute atomic E-state index is 0.000111. The predicted molar refractivity (Wildman–Crippen MR) is 245 cm³/mol. The maximum atomic E-state index is 13.4. The van der Waals surface area contributed by atoms with Gasteiger partial charge in [0, 0.05) is 43.2 Å². The van der Waals surface area contributed by atoms with E-state index in [1.165, 1.54) is 91.0 Å². The Hall–Kier alpha value is -5.65. The number of Topliss-reactive ketones (excluding diaryl/α,β-unsaturated/α-hetero) is 2. The number of hydrogen-bond donors (Lipinski definition) is 4. The topological polar surface area (TPSA) is 209 Å². The average molecular weight is 994 g/mol. The van der Waals surface area contributed by atoms with Crippen LogP contribution in [-0.4, -0.2) is 53.3 Å². The van der Waals surface area contributed by atoms with Gasteiger partial charge in [0.25, 0.3) is 23.6 Å². The van der Waals surface area contributed by atoms with E-state index in [0.29, 0.717) is 31.5 Å². The molecule has 2 unspecified atom stereocenters. The summed E-state index contributed by atoms with van der Waals surface area (Å²) in [4.78, 5) is 77.8. The molecule has 0 fully saturated rings. The Kier molecular flexibility index (Phi) is 17.0. The van der Waals surface area contributed by atoms with Crippen LogP contribution in [0, 0.1) is 0 Å². The molecule has 324 valence electrons. The van der Waals surface area contributed by atoms with Crippen molar-refractivity contribution in [1.82, 2.24) is 0 Å². The summed E-state index contributed by atoms with van der Waals surface area (Å²) in [6.07, 6.45) is 0. The quantitative estimate of drug-likeness (QED) is 0.0426. The number of ether oxygens (including phenoxy) is 1. The molecule has 5 aromatic carbocycles. The number of alkyl halides is 1. The highest BCUT2D eigenvalue weighted by Crippen LogP contribution is 2.31. The van der Waals surface area contributed by atoms with Crippen molar-refractivity contribution in [3.05, 3.63) is 132 Å². The first-order chi connectivity index (χ1) is 29.9. The molecule has 4 N–H and O–H groups in total. The van der Waals surface area contributed by atoms with Gasteiger partial charge in [0.05, 0.1) is 38.2 Å². The van der Waals surface area contributed by atoms with Crippen LogP contribution in [-0.2, 0) is 19.2 Å². The molecule has 0 aliphatic heterocycles. The van der Waals surface area contributed by atoms with Crippen LogP contribution in [0.25, 0.3) is 0 Å². The summed E-state index contributed by atoms with van der Waals surface area (Å²) in [5.74, 6) is -4.45. The Morgan fingerprint density at radius 2 is 0.952 bits per heavy atom. The van der Waals surface area contributed by atoms with Gasteiger partial charge in [0.2, 0.25) is 12.1 Å². The van der Waals surface area contributed by atoms with Crippen LogP contribution in [0.2, 0.25) is 30.1 Å². The molecule has 0 heterocycles.